The maximum Gasteiger partial charge on any atom is 0.316 e. The predicted octanol–water partition coefficient (Wildman–Crippen LogP) is 2.22. The molecule has 2 aromatic rings. The third-order valence-corrected chi connectivity index (χ3v) is 4.87. The van der Waals surface area contributed by atoms with E-state index in [2.05, 4.69) is 20.3 Å². The molecule has 1 N–H and O–H groups in total. The number of para-hydroxylation sites is 2. The Morgan fingerprint density at radius 2 is 1.96 bits per heavy atom. The van der Waals surface area contributed by atoms with E-state index in [9.17, 15) is 9.59 Å². The van der Waals surface area contributed by atoms with E-state index in [1.807, 2.05) is 6.07 Å². The number of aromatic nitrogens is 2. The monoisotopic (exact) mass is 383 g/mol. The first kappa shape index (κ1) is 19.0. The highest BCUT2D eigenvalue weighted by Crippen LogP contribution is 2.28. The molecule has 134 valence electrons. The molecule has 1 heterocycles. The molecule has 0 saturated carbocycles. The summed E-state index contributed by atoms with van der Waals surface area (Å²) in [6, 6.07) is 7.06. The number of carbonyl (C=O) groups is 2. The summed E-state index contributed by atoms with van der Waals surface area (Å²) in [5.41, 5.74) is 0. The number of methoxy groups -OCH3 is 2. The average Bonchev–Trinajstić information content (AvgIpc) is 3.07. The number of carbonyl (C=O) groups excluding carboxylic acids is 2. The fourth-order valence-corrected chi connectivity index (χ4v) is 3.25. The van der Waals surface area contributed by atoms with Gasteiger partial charge in [-0.3, -0.25) is 14.9 Å². The lowest BCUT2D eigenvalue weighted by atomic mass is 10.3. The maximum atomic E-state index is 12.2. The molecule has 1 aromatic carbocycles. The average molecular weight is 383 g/mol. The van der Waals surface area contributed by atoms with Crippen molar-refractivity contribution in [1.82, 2.24) is 10.2 Å². The zero-order valence-corrected chi connectivity index (χ0v) is 15.5. The first-order chi connectivity index (χ1) is 12.0. The van der Waals surface area contributed by atoms with E-state index in [1.165, 1.54) is 37.3 Å². The molecule has 0 aliphatic rings. The van der Waals surface area contributed by atoms with Gasteiger partial charge in [-0.05, 0) is 19.1 Å². The van der Waals surface area contributed by atoms with Gasteiger partial charge in [0.05, 0.1) is 20.0 Å². The SMILES string of the molecule is COC(=O)CSc1nnc(NC(=O)[C@H](C)Oc2ccccc2OC)s1. The number of anilines is 1. The lowest BCUT2D eigenvalue weighted by Gasteiger charge is -2.15. The first-order valence-electron chi connectivity index (χ1n) is 7.17. The van der Waals surface area contributed by atoms with Crippen molar-refractivity contribution in [3.05, 3.63) is 24.3 Å². The van der Waals surface area contributed by atoms with Crippen LogP contribution >= 0.6 is 23.1 Å². The zero-order chi connectivity index (χ0) is 18.2. The molecule has 1 atom stereocenters. The zero-order valence-electron chi connectivity index (χ0n) is 13.8. The van der Waals surface area contributed by atoms with E-state index in [0.29, 0.717) is 21.0 Å². The Bertz CT molecular complexity index is 737. The van der Waals surface area contributed by atoms with Crippen molar-refractivity contribution in [3.8, 4) is 11.5 Å². The number of hydrogen-bond donors (Lipinski definition) is 1. The van der Waals surface area contributed by atoms with Gasteiger partial charge in [-0.15, -0.1) is 10.2 Å². The first-order valence-corrected chi connectivity index (χ1v) is 8.97. The van der Waals surface area contributed by atoms with Crippen LogP contribution in [0.4, 0.5) is 5.13 Å². The molecule has 0 saturated heterocycles. The third kappa shape index (κ3) is 5.61. The Hall–Kier alpha value is -2.33. The molecule has 0 spiro atoms. The second-order valence-corrected chi connectivity index (χ2v) is 6.84. The Morgan fingerprint density at radius 3 is 2.64 bits per heavy atom. The maximum absolute atomic E-state index is 12.2. The van der Waals surface area contributed by atoms with Crippen LogP contribution in [0.2, 0.25) is 0 Å². The Kier molecular flexibility index (Phi) is 7.02. The van der Waals surface area contributed by atoms with Crippen molar-refractivity contribution >= 4 is 40.1 Å². The largest absolute Gasteiger partial charge is 0.493 e. The number of nitrogens with one attached hydrogen (secondary N) is 1. The number of benzene rings is 1. The van der Waals surface area contributed by atoms with Gasteiger partial charge in [-0.25, -0.2) is 0 Å². The van der Waals surface area contributed by atoms with Crippen LogP contribution in [-0.4, -0.2) is 48.2 Å². The predicted molar refractivity (Wildman–Crippen MR) is 94.4 cm³/mol. The van der Waals surface area contributed by atoms with Gasteiger partial charge >= 0.3 is 5.97 Å². The number of rotatable bonds is 8. The molecule has 25 heavy (non-hydrogen) atoms. The lowest BCUT2D eigenvalue weighted by Crippen LogP contribution is -2.30. The summed E-state index contributed by atoms with van der Waals surface area (Å²) >= 11 is 2.35. The smallest absolute Gasteiger partial charge is 0.316 e. The van der Waals surface area contributed by atoms with Gasteiger partial charge in [0.25, 0.3) is 5.91 Å². The van der Waals surface area contributed by atoms with E-state index < -0.39 is 6.10 Å². The molecule has 10 heteroatoms. The lowest BCUT2D eigenvalue weighted by molar-refractivity contribution is -0.137. The van der Waals surface area contributed by atoms with Gasteiger partial charge in [0, 0.05) is 0 Å². The highest BCUT2D eigenvalue weighted by Gasteiger charge is 2.19. The molecule has 0 bridgehead atoms. The number of nitrogens with zero attached hydrogens (tertiary/aromatic N) is 2. The minimum absolute atomic E-state index is 0.131. The fraction of sp³-hybridized carbons (Fsp3) is 0.333. The van der Waals surface area contributed by atoms with Crippen LogP contribution in [-0.2, 0) is 14.3 Å². The van der Waals surface area contributed by atoms with Crippen molar-refractivity contribution in [3.63, 3.8) is 0 Å². The quantitative estimate of drug-likeness (QED) is 0.421. The molecule has 0 aliphatic heterocycles. The summed E-state index contributed by atoms with van der Waals surface area (Å²) in [5.74, 6) is 0.418. The summed E-state index contributed by atoms with van der Waals surface area (Å²) in [6.45, 7) is 1.62. The molecule has 1 amide bonds. The van der Waals surface area contributed by atoms with Gasteiger partial charge in [0.15, 0.2) is 21.9 Å². The molecule has 2 rings (SSSR count). The van der Waals surface area contributed by atoms with E-state index >= 15 is 0 Å². The highest BCUT2D eigenvalue weighted by molar-refractivity contribution is 8.01. The minimum Gasteiger partial charge on any atom is -0.493 e. The van der Waals surface area contributed by atoms with Crippen molar-refractivity contribution < 1.29 is 23.8 Å². The second-order valence-electron chi connectivity index (χ2n) is 4.64. The summed E-state index contributed by atoms with van der Waals surface area (Å²) in [5, 5.41) is 10.7. The number of amides is 1. The van der Waals surface area contributed by atoms with Crippen LogP contribution in [0.25, 0.3) is 0 Å². The van der Waals surface area contributed by atoms with Gasteiger partial charge in [-0.2, -0.15) is 0 Å². The van der Waals surface area contributed by atoms with Crippen molar-refractivity contribution in [1.29, 1.82) is 0 Å². The van der Waals surface area contributed by atoms with Crippen LogP contribution in [0.3, 0.4) is 0 Å². The standard InChI is InChI=1S/C15H17N3O5S2/c1-9(23-11-7-5-4-6-10(11)21-2)13(20)16-14-17-18-15(25-14)24-8-12(19)22-3/h4-7,9H,8H2,1-3H3,(H,16,17,20)/t9-/m0/s1. The molecule has 0 fully saturated rings. The van der Waals surface area contributed by atoms with Crippen LogP contribution in [0, 0.1) is 0 Å². The topological polar surface area (TPSA) is 99.6 Å². The Balaban J connectivity index is 1.90. The molecular formula is C15H17N3O5S2. The van der Waals surface area contributed by atoms with Crippen LogP contribution in [0.15, 0.2) is 28.6 Å². The van der Waals surface area contributed by atoms with Gasteiger partial charge < -0.3 is 14.2 Å². The highest BCUT2D eigenvalue weighted by atomic mass is 32.2. The normalized spacial score (nSPS) is 11.5. The van der Waals surface area contributed by atoms with E-state index in [1.54, 1.807) is 25.1 Å². The van der Waals surface area contributed by atoms with Crippen LogP contribution in [0.5, 0.6) is 11.5 Å². The molecule has 0 radical (unpaired) electrons. The van der Waals surface area contributed by atoms with E-state index in [0.717, 1.165) is 0 Å². The van der Waals surface area contributed by atoms with Crippen LogP contribution < -0.4 is 14.8 Å². The molecule has 0 unspecified atom stereocenters. The second kappa shape index (κ2) is 9.23. The summed E-state index contributed by atoms with van der Waals surface area (Å²) in [6.07, 6.45) is -0.758. The summed E-state index contributed by atoms with van der Waals surface area (Å²) in [4.78, 5) is 23.3. The molecular weight excluding hydrogens is 366 g/mol. The number of esters is 1. The molecule has 1 aromatic heterocycles. The number of thioether (sulfide) groups is 1. The van der Waals surface area contributed by atoms with Gasteiger partial charge in [0.1, 0.15) is 0 Å². The van der Waals surface area contributed by atoms with Crippen molar-refractivity contribution in [2.24, 2.45) is 0 Å². The van der Waals surface area contributed by atoms with Gasteiger partial charge in [0.2, 0.25) is 5.13 Å². The fourth-order valence-electron chi connectivity index (χ4n) is 1.67. The molecule has 8 nitrogen and oxygen atoms in total. The third-order valence-electron chi connectivity index (χ3n) is 2.92. The number of ether oxygens (including phenoxy) is 3. The summed E-state index contributed by atoms with van der Waals surface area (Å²) < 4.78 is 15.9. The van der Waals surface area contributed by atoms with E-state index in [4.69, 9.17) is 9.47 Å². The van der Waals surface area contributed by atoms with E-state index in [-0.39, 0.29) is 17.6 Å². The molecule has 0 aliphatic carbocycles. The minimum atomic E-state index is -0.758. The number of hydrogen-bond acceptors (Lipinski definition) is 9. The van der Waals surface area contributed by atoms with Crippen molar-refractivity contribution in [2.75, 3.05) is 25.3 Å². The van der Waals surface area contributed by atoms with Gasteiger partial charge in [-0.1, -0.05) is 35.2 Å². The Morgan fingerprint density at radius 1 is 1.24 bits per heavy atom. The van der Waals surface area contributed by atoms with Crippen molar-refractivity contribution in [2.45, 2.75) is 17.4 Å². The van der Waals surface area contributed by atoms with Crippen LogP contribution in [0.1, 0.15) is 6.92 Å². The summed E-state index contributed by atoms with van der Waals surface area (Å²) in [7, 11) is 2.85. The Labute approximate surface area is 152 Å².